The molecule has 1 aliphatic rings. The molecule has 0 saturated carbocycles. The Balaban J connectivity index is 2.93. The summed E-state index contributed by atoms with van der Waals surface area (Å²) >= 11 is 0. The fourth-order valence-corrected chi connectivity index (χ4v) is 2.63. The van der Waals surface area contributed by atoms with E-state index in [-0.39, 0.29) is 23.3 Å². The number of rotatable bonds is 3. The second kappa shape index (κ2) is 5.93. The summed E-state index contributed by atoms with van der Waals surface area (Å²) in [5.41, 5.74) is -0.257. The predicted octanol–water partition coefficient (Wildman–Crippen LogP) is 2.18. The number of carbonyl (C=O) groups is 2. The van der Waals surface area contributed by atoms with Crippen LogP contribution in [0.4, 0.5) is 0 Å². The zero-order valence-corrected chi connectivity index (χ0v) is 13.1. The second-order valence-corrected chi connectivity index (χ2v) is 7.13. The molecule has 0 aromatic carbocycles. The van der Waals surface area contributed by atoms with E-state index < -0.39 is 6.04 Å². The third-order valence-corrected chi connectivity index (χ3v) is 3.63. The highest BCUT2D eigenvalue weighted by Crippen LogP contribution is 2.25. The molecule has 110 valence electrons. The summed E-state index contributed by atoms with van der Waals surface area (Å²) in [6, 6.07) is -0.234. The van der Waals surface area contributed by atoms with Gasteiger partial charge in [0.2, 0.25) is 11.8 Å². The first-order chi connectivity index (χ1) is 8.62. The van der Waals surface area contributed by atoms with Crippen LogP contribution in [0.25, 0.3) is 0 Å². The van der Waals surface area contributed by atoms with Crippen LogP contribution in [-0.4, -0.2) is 35.3 Å². The number of amides is 2. The summed E-state index contributed by atoms with van der Waals surface area (Å²) < 4.78 is 0. The third-order valence-electron chi connectivity index (χ3n) is 3.63. The van der Waals surface area contributed by atoms with E-state index >= 15 is 0 Å². The van der Waals surface area contributed by atoms with Crippen molar-refractivity contribution >= 4 is 11.8 Å². The molecule has 0 aromatic heterocycles. The summed E-state index contributed by atoms with van der Waals surface area (Å²) in [7, 11) is 0. The van der Waals surface area contributed by atoms with Crippen LogP contribution in [0.2, 0.25) is 0 Å². The van der Waals surface area contributed by atoms with Crippen LogP contribution in [-0.2, 0) is 9.59 Å². The summed E-state index contributed by atoms with van der Waals surface area (Å²) in [6.07, 6.45) is 1.37. The Hall–Kier alpha value is -1.06. The van der Waals surface area contributed by atoms with Crippen LogP contribution in [0, 0.1) is 11.3 Å². The smallest absolute Gasteiger partial charge is 0.245 e. The molecule has 1 heterocycles. The molecule has 4 heteroatoms. The first kappa shape index (κ1) is 16.0. The lowest BCUT2D eigenvalue weighted by Gasteiger charge is -2.35. The predicted molar refractivity (Wildman–Crippen MR) is 76.6 cm³/mol. The normalized spacial score (nSPS) is 23.3. The molecule has 4 nitrogen and oxygen atoms in total. The van der Waals surface area contributed by atoms with Crippen molar-refractivity contribution in [2.24, 2.45) is 11.3 Å². The number of carbonyl (C=O) groups excluding carboxylic acids is 2. The zero-order valence-electron chi connectivity index (χ0n) is 13.1. The Morgan fingerprint density at radius 2 is 1.84 bits per heavy atom. The molecule has 0 radical (unpaired) electrons. The maximum Gasteiger partial charge on any atom is 0.245 e. The minimum atomic E-state index is -0.419. The van der Waals surface area contributed by atoms with Gasteiger partial charge >= 0.3 is 0 Å². The molecule has 0 aromatic rings. The van der Waals surface area contributed by atoms with Gasteiger partial charge in [-0.3, -0.25) is 9.59 Å². The van der Waals surface area contributed by atoms with Gasteiger partial charge in [0, 0.05) is 19.0 Å². The van der Waals surface area contributed by atoms with Gasteiger partial charge in [0.05, 0.1) is 0 Å². The van der Waals surface area contributed by atoms with E-state index in [0.29, 0.717) is 18.9 Å². The summed E-state index contributed by atoms with van der Waals surface area (Å²) in [5, 5.41) is 2.88. The first-order valence-corrected chi connectivity index (χ1v) is 7.22. The monoisotopic (exact) mass is 268 g/mol. The molecule has 1 N–H and O–H groups in total. The van der Waals surface area contributed by atoms with Crippen LogP contribution in [0.5, 0.6) is 0 Å². The molecule has 2 atom stereocenters. The van der Waals surface area contributed by atoms with Crippen molar-refractivity contribution in [2.75, 3.05) is 6.54 Å². The quantitative estimate of drug-likeness (QED) is 0.853. The average Bonchev–Trinajstić information content (AvgIpc) is 2.36. The van der Waals surface area contributed by atoms with E-state index in [9.17, 15) is 9.59 Å². The van der Waals surface area contributed by atoms with Crippen LogP contribution in [0.15, 0.2) is 0 Å². The zero-order chi connectivity index (χ0) is 14.8. The maximum atomic E-state index is 12.7. The van der Waals surface area contributed by atoms with Crippen molar-refractivity contribution in [3.05, 3.63) is 0 Å². The standard InChI is InChI=1S/C15H28N2O2/c1-10(2)9-11(3)17-8-7-12(18)16-13(14(17)19)15(4,5)6/h10-11,13H,7-9H2,1-6H3,(H,16,18). The summed E-state index contributed by atoms with van der Waals surface area (Å²) in [5.74, 6) is 0.585. The molecule has 1 saturated heterocycles. The lowest BCUT2D eigenvalue weighted by Crippen LogP contribution is -2.53. The van der Waals surface area contributed by atoms with E-state index in [4.69, 9.17) is 0 Å². The van der Waals surface area contributed by atoms with Crippen molar-refractivity contribution in [3.8, 4) is 0 Å². The molecular formula is C15H28N2O2. The van der Waals surface area contributed by atoms with Gasteiger partial charge in [-0.2, -0.15) is 0 Å². The summed E-state index contributed by atoms with van der Waals surface area (Å²) in [6.45, 7) is 12.9. The Kier molecular flexibility index (Phi) is 4.99. The molecule has 19 heavy (non-hydrogen) atoms. The second-order valence-electron chi connectivity index (χ2n) is 7.13. The lowest BCUT2D eigenvalue weighted by molar-refractivity contribution is -0.138. The number of nitrogens with zero attached hydrogens (tertiary/aromatic N) is 1. The van der Waals surface area contributed by atoms with Crippen LogP contribution < -0.4 is 5.32 Å². The molecule has 2 unspecified atom stereocenters. The largest absolute Gasteiger partial charge is 0.344 e. The lowest BCUT2D eigenvalue weighted by atomic mass is 9.85. The van der Waals surface area contributed by atoms with Crippen LogP contribution in [0.3, 0.4) is 0 Å². The molecule has 1 rings (SSSR count). The molecule has 0 bridgehead atoms. The molecule has 0 spiro atoms. The SMILES string of the molecule is CC(C)CC(C)N1CCC(=O)NC(C(C)(C)C)C1=O. The maximum absolute atomic E-state index is 12.7. The molecule has 1 fully saturated rings. The van der Waals surface area contributed by atoms with Crippen LogP contribution in [0.1, 0.15) is 54.4 Å². The van der Waals surface area contributed by atoms with Crippen molar-refractivity contribution in [3.63, 3.8) is 0 Å². The minimum absolute atomic E-state index is 0.0208. The van der Waals surface area contributed by atoms with E-state index in [0.717, 1.165) is 6.42 Å². The highest BCUT2D eigenvalue weighted by atomic mass is 16.2. The van der Waals surface area contributed by atoms with Crippen molar-refractivity contribution in [2.45, 2.75) is 66.5 Å². The van der Waals surface area contributed by atoms with Gasteiger partial charge in [0.15, 0.2) is 0 Å². The van der Waals surface area contributed by atoms with Crippen molar-refractivity contribution in [1.29, 1.82) is 0 Å². The van der Waals surface area contributed by atoms with Gasteiger partial charge in [0.1, 0.15) is 6.04 Å². The minimum Gasteiger partial charge on any atom is -0.344 e. The number of hydrogen-bond donors (Lipinski definition) is 1. The Labute approximate surface area is 116 Å². The third kappa shape index (κ3) is 4.22. The van der Waals surface area contributed by atoms with E-state index in [1.165, 1.54) is 0 Å². The van der Waals surface area contributed by atoms with Crippen molar-refractivity contribution < 1.29 is 9.59 Å². The molecular weight excluding hydrogens is 240 g/mol. The van der Waals surface area contributed by atoms with Gasteiger partial charge in [-0.05, 0) is 24.7 Å². The fraction of sp³-hybridized carbons (Fsp3) is 0.867. The Bertz CT molecular complexity index is 345. The Morgan fingerprint density at radius 3 is 2.32 bits per heavy atom. The Morgan fingerprint density at radius 1 is 1.26 bits per heavy atom. The van der Waals surface area contributed by atoms with E-state index in [1.54, 1.807) is 0 Å². The summed E-state index contributed by atoms with van der Waals surface area (Å²) in [4.78, 5) is 26.3. The van der Waals surface area contributed by atoms with Gasteiger partial charge < -0.3 is 10.2 Å². The van der Waals surface area contributed by atoms with E-state index in [1.807, 2.05) is 25.7 Å². The first-order valence-electron chi connectivity index (χ1n) is 7.22. The number of hydrogen-bond acceptors (Lipinski definition) is 2. The van der Waals surface area contributed by atoms with Gasteiger partial charge in [0.25, 0.3) is 0 Å². The van der Waals surface area contributed by atoms with Gasteiger partial charge in [-0.25, -0.2) is 0 Å². The number of nitrogens with one attached hydrogen (secondary N) is 1. The van der Waals surface area contributed by atoms with Crippen LogP contribution >= 0.6 is 0 Å². The molecule has 1 aliphatic heterocycles. The van der Waals surface area contributed by atoms with Crippen molar-refractivity contribution in [1.82, 2.24) is 10.2 Å². The molecule has 2 amide bonds. The highest BCUT2D eigenvalue weighted by molar-refractivity contribution is 5.90. The average molecular weight is 268 g/mol. The van der Waals surface area contributed by atoms with E-state index in [2.05, 4.69) is 26.1 Å². The molecule has 0 aliphatic carbocycles. The topological polar surface area (TPSA) is 49.4 Å². The van der Waals surface area contributed by atoms with Gasteiger partial charge in [-0.1, -0.05) is 34.6 Å². The van der Waals surface area contributed by atoms with Gasteiger partial charge in [-0.15, -0.1) is 0 Å². The highest BCUT2D eigenvalue weighted by Gasteiger charge is 2.39. The fourth-order valence-electron chi connectivity index (χ4n) is 2.63.